The van der Waals surface area contributed by atoms with Crippen molar-refractivity contribution in [2.45, 2.75) is 71.1 Å². The molecule has 2 rings (SSSR count). The Labute approximate surface area is 122 Å². The predicted octanol–water partition coefficient (Wildman–Crippen LogP) is 2.69. The van der Waals surface area contributed by atoms with Crippen LogP contribution in [-0.2, 0) is 11.3 Å². The van der Waals surface area contributed by atoms with Gasteiger partial charge in [0.05, 0.1) is 24.0 Å². The lowest BCUT2D eigenvalue weighted by atomic mass is 10.00. The van der Waals surface area contributed by atoms with E-state index in [1.54, 1.807) is 0 Å². The first-order chi connectivity index (χ1) is 9.85. The third kappa shape index (κ3) is 4.28. The first kappa shape index (κ1) is 15.4. The maximum absolute atomic E-state index is 5.90. The summed E-state index contributed by atoms with van der Waals surface area (Å²) >= 11 is 0. The summed E-state index contributed by atoms with van der Waals surface area (Å²) in [6.07, 6.45) is 9.20. The minimum Gasteiger partial charge on any atom is -0.378 e. The van der Waals surface area contributed by atoms with Crippen molar-refractivity contribution in [3.63, 3.8) is 0 Å². The molecule has 2 heterocycles. The molecule has 1 fully saturated rings. The van der Waals surface area contributed by atoms with Crippen molar-refractivity contribution in [1.29, 1.82) is 0 Å². The molecule has 2 unspecified atom stereocenters. The summed E-state index contributed by atoms with van der Waals surface area (Å²) < 4.78 is 7.93. The maximum atomic E-state index is 5.90. The summed E-state index contributed by atoms with van der Waals surface area (Å²) in [6, 6.07) is 0.305. The molecule has 1 aliphatic rings. The Morgan fingerprint density at radius 2 is 2.30 bits per heavy atom. The van der Waals surface area contributed by atoms with Crippen LogP contribution in [0.2, 0.25) is 0 Å². The molecule has 1 aromatic heterocycles. The van der Waals surface area contributed by atoms with E-state index in [0.29, 0.717) is 12.1 Å². The molecule has 0 spiro atoms. The Balaban J connectivity index is 2.02. The van der Waals surface area contributed by atoms with Crippen LogP contribution >= 0.6 is 0 Å². The smallest absolute Gasteiger partial charge is 0.0757 e. The highest BCUT2D eigenvalue weighted by Gasteiger charge is 2.23. The van der Waals surface area contributed by atoms with E-state index in [-0.39, 0.29) is 0 Å². The van der Waals surface area contributed by atoms with Crippen LogP contribution in [0.4, 0.5) is 0 Å². The molecule has 1 saturated heterocycles. The van der Waals surface area contributed by atoms with Gasteiger partial charge in [0.15, 0.2) is 0 Å². The largest absolute Gasteiger partial charge is 0.378 e. The zero-order valence-corrected chi connectivity index (χ0v) is 12.8. The lowest BCUT2D eigenvalue weighted by Crippen LogP contribution is -2.31. The molecule has 0 radical (unpaired) electrons. The van der Waals surface area contributed by atoms with Gasteiger partial charge in [0.2, 0.25) is 0 Å². The molecule has 1 aliphatic heterocycles. The van der Waals surface area contributed by atoms with E-state index in [9.17, 15) is 0 Å². The van der Waals surface area contributed by atoms with Gasteiger partial charge in [0, 0.05) is 13.2 Å². The van der Waals surface area contributed by atoms with Crippen molar-refractivity contribution >= 4 is 0 Å². The first-order valence-corrected chi connectivity index (χ1v) is 8.08. The van der Waals surface area contributed by atoms with Gasteiger partial charge in [0.25, 0.3) is 0 Å². The predicted molar refractivity (Wildman–Crippen MR) is 79.6 cm³/mol. The van der Waals surface area contributed by atoms with Crippen LogP contribution in [-0.4, -0.2) is 34.2 Å². The van der Waals surface area contributed by atoms with Crippen LogP contribution in [0.25, 0.3) is 0 Å². The normalized spacial score (nSPS) is 21.0. The van der Waals surface area contributed by atoms with E-state index in [4.69, 9.17) is 4.74 Å². The van der Waals surface area contributed by atoms with Crippen molar-refractivity contribution in [2.24, 2.45) is 0 Å². The van der Waals surface area contributed by atoms with Crippen molar-refractivity contribution in [2.75, 3.05) is 13.2 Å². The van der Waals surface area contributed by atoms with Gasteiger partial charge >= 0.3 is 0 Å². The molecule has 1 N–H and O–H groups in total. The molecule has 0 aromatic carbocycles. The number of nitrogens with zero attached hydrogens (tertiary/aromatic N) is 3. The number of aromatic nitrogens is 3. The van der Waals surface area contributed by atoms with Crippen LogP contribution in [0.5, 0.6) is 0 Å². The van der Waals surface area contributed by atoms with Crippen molar-refractivity contribution in [3.05, 3.63) is 11.9 Å². The fraction of sp³-hybridized carbons (Fsp3) is 0.867. The number of hydrogen-bond acceptors (Lipinski definition) is 4. The maximum Gasteiger partial charge on any atom is 0.0757 e. The summed E-state index contributed by atoms with van der Waals surface area (Å²) in [5.41, 5.74) is 1.20. The van der Waals surface area contributed by atoms with Gasteiger partial charge in [-0.05, 0) is 45.1 Å². The Kier molecular flexibility index (Phi) is 6.47. The van der Waals surface area contributed by atoms with Crippen molar-refractivity contribution in [1.82, 2.24) is 20.3 Å². The summed E-state index contributed by atoms with van der Waals surface area (Å²) in [5, 5.41) is 11.9. The van der Waals surface area contributed by atoms with Crippen LogP contribution in [0.1, 0.15) is 64.1 Å². The molecule has 2 atom stereocenters. The van der Waals surface area contributed by atoms with Crippen LogP contribution in [0, 0.1) is 0 Å². The zero-order valence-electron chi connectivity index (χ0n) is 12.8. The first-order valence-electron chi connectivity index (χ1n) is 8.08. The molecule has 0 amide bonds. The second kappa shape index (κ2) is 8.37. The SMILES string of the molecule is CCCNC(CC1CCCCO1)c1cnnn1CCC. The minimum atomic E-state index is 0.305. The summed E-state index contributed by atoms with van der Waals surface area (Å²) in [7, 11) is 0. The Morgan fingerprint density at radius 1 is 1.40 bits per heavy atom. The van der Waals surface area contributed by atoms with E-state index >= 15 is 0 Å². The van der Waals surface area contributed by atoms with Gasteiger partial charge in [-0.3, -0.25) is 0 Å². The van der Waals surface area contributed by atoms with Crippen molar-refractivity contribution < 1.29 is 4.74 Å². The van der Waals surface area contributed by atoms with Crippen molar-refractivity contribution in [3.8, 4) is 0 Å². The zero-order chi connectivity index (χ0) is 14.2. The molecule has 0 saturated carbocycles. The quantitative estimate of drug-likeness (QED) is 0.795. The topological polar surface area (TPSA) is 52.0 Å². The highest BCUT2D eigenvalue weighted by atomic mass is 16.5. The van der Waals surface area contributed by atoms with Crippen LogP contribution < -0.4 is 5.32 Å². The van der Waals surface area contributed by atoms with Gasteiger partial charge in [-0.2, -0.15) is 0 Å². The molecule has 20 heavy (non-hydrogen) atoms. The number of ether oxygens (including phenoxy) is 1. The Morgan fingerprint density at radius 3 is 3.00 bits per heavy atom. The number of nitrogens with one attached hydrogen (secondary N) is 1. The molecule has 1 aromatic rings. The van der Waals surface area contributed by atoms with E-state index in [0.717, 1.165) is 39.0 Å². The fourth-order valence-electron chi connectivity index (χ4n) is 2.80. The second-order valence-corrected chi connectivity index (χ2v) is 5.61. The Hall–Kier alpha value is -0.940. The average Bonchev–Trinajstić information content (AvgIpc) is 2.93. The Bertz CT molecular complexity index is 374. The summed E-state index contributed by atoms with van der Waals surface area (Å²) in [5.74, 6) is 0. The van der Waals surface area contributed by atoms with E-state index in [1.165, 1.54) is 25.0 Å². The molecule has 5 nitrogen and oxygen atoms in total. The van der Waals surface area contributed by atoms with Gasteiger partial charge in [-0.25, -0.2) is 4.68 Å². The van der Waals surface area contributed by atoms with Gasteiger partial charge in [-0.15, -0.1) is 5.10 Å². The molecule has 5 heteroatoms. The van der Waals surface area contributed by atoms with E-state index < -0.39 is 0 Å². The third-order valence-electron chi connectivity index (χ3n) is 3.85. The lowest BCUT2D eigenvalue weighted by Gasteiger charge is -2.27. The summed E-state index contributed by atoms with van der Waals surface area (Å²) in [6.45, 7) is 7.24. The van der Waals surface area contributed by atoms with Gasteiger partial charge < -0.3 is 10.1 Å². The molecule has 0 bridgehead atoms. The van der Waals surface area contributed by atoms with E-state index in [2.05, 4.69) is 29.5 Å². The third-order valence-corrected chi connectivity index (χ3v) is 3.85. The lowest BCUT2D eigenvalue weighted by molar-refractivity contribution is 0.00452. The fourth-order valence-corrected chi connectivity index (χ4v) is 2.80. The molecular formula is C15H28N4O. The minimum absolute atomic E-state index is 0.305. The highest BCUT2D eigenvalue weighted by molar-refractivity contribution is 5.03. The number of aryl methyl sites for hydroxylation is 1. The highest BCUT2D eigenvalue weighted by Crippen LogP contribution is 2.24. The van der Waals surface area contributed by atoms with Crippen LogP contribution in [0.3, 0.4) is 0 Å². The average molecular weight is 280 g/mol. The van der Waals surface area contributed by atoms with Crippen LogP contribution in [0.15, 0.2) is 6.20 Å². The van der Waals surface area contributed by atoms with E-state index in [1.807, 2.05) is 10.9 Å². The summed E-state index contributed by atoms with van der Waals surface area (Å²) in [4.78, 5) is 0. The molecular weight excluding hydrogens is 252 g/mol. The molecule has 114 valence electrons. The van der Waals surface area contributed by atoms with Gasteiger partial charge in [-0.1, -0.05) is 19.1 Å². The standard InChI is InChI=1S/C15H28N4O/c1-3-8-16-14(11-13-7-5-6-10-20-13)15-12-17-18-19(15)9-4-2/h12-14,16H,3-11H2,1-2H3. The second-order valence-electron chi connectivity index (χ2n) is 5.61. The van der Waals surface area contributed by atoms with Gasteiger partial charge in [0.1, 0.15) is 0 Å². The number of hydrogen-bond donors (Lipinski definition) is 1. The molecule has 0 aliphatic carbocycles. The number of rotatable bonds is 8. The monoisotopic (exact) mass is 280 g/mol.